The van der Waals surface area contributed by atoms with Gasteiger partial charge in [0.05, 0.1) is 7.11 Å². The molecule has 0 saturated heterocycles. The minimum atomic E-state index is -0.290. The molecule has 0 aliphatic heterocycles. The molecule has 28 heavy (non-hydrogen) atoms. The summed E-state index contributed by atoms with van der Waals surface area (Å²) in [7, 11) is 1.57. The molecule has 0 spiro atoms. The first-order valence-corrected chi connectivity index (χ1v) is 9.31. The van der Waals surface area contributed by atoms with Crippen LogP contribution in [0, 0.1) is 0 Å². The summed E-state index contributed by atoms with van der Waals surface area (Å²) >= 11 is 1.32. The summed E-state index contributed by atoms with van der Waals surface area (Å²) in [4.78, 5) is 12.2. The molecule has 1 amide bonds. The zero-order chi connectivity index (χ0) is 19.8. The second kappa shape index (κ2) is 9.48. The van der Waals surface area contributed by atoms with Gasteiger partial charge in [0.2, 0.25) is 11.0 Å². The molecule has 0 bridgehead atoms. The van der Waals surface area contributed by atoms with Gasteiger partial charge in [0.25, 0.3) is 0 Å². The summed E-state index contributed by atoms with van der Waals surface area (Å²) in [6, 6.07) is 15.1. The Morgan fingerprint density at radius 3 is 2.75 bits per heavy atom. The van der Waals surface area contributed by atoms with E-state index in [2.05, 4.69) is 22.1 Å². The number of aromatic nitrogens is 2. The number of nitrogens with one attached hydrogen (secondary N) is 1. The minimum absolute atomic E-state index is 0.290. The largest absolute Gasteiger partial charge is 0.493 e. The Balaban J connectivity index is 1.64. The molecule has 0 aliphatic rings. The highest BCUT2D eigenvalue weighted by molar-refractivity contribution is 7.18. The number of amides is 1. The monoisotopic (exact) mass is 393 g/mol. The van der Waals surface area contributed by atoms with Gasteiger partial charge in [-0.2, -0.15) is 0 Å². The molecule has 2 aromatic carbocycles. The third-order valence-corrected chi connectivity index (χ3v) is 4.54. The van der Waals surface area contributed by atoms with Crippen molar-refractivity contribution in [1.82, 2.24) is 10.2 Å². The van der Waals surface area contributed by atoms with Crippen LogP contribution in [0.25, 0.3) is 16.6 Å². The maximum Gasteiger partial charge on any atom is 0.250 e. The van der Waals surface area contributed by atoms with Gasteiger partial charge in [-0.05, 0) is 23.8 Å². The number of hydrogen-bond donors (Lipinski definition) is 1. The topological polar surface area (TPSA) is 73.3 Å². The molecular formula is C21H19N3O3S. The third kappa shape index (κ3) is 5.05. The number of ether oxygens (including phenoxy) is 2. The SMILES string of the molecule is C=CCOc1ccc(/C=C/C(=O)Nc2nnc(-c3ccccc3)s2)cc1OC. The van der Waals surface area contributed by atoms with E-state index < -0.39 is 0 Å². The van der Waals surface area contributed by atoms with Crippen molar-refractivity contribution < 1.29 is 14.3 Å². The van der Waals surface area contributed by atoms with E-state index in [0.29, 0.717) is 23.2 Å². The number of rotatable bonds is 8. The average molecular weight is 393 g/mol. The highest BCUT2D eigenvalue weighted by atomic mass is 32.1. The fraction of sp³-hybridized carbons (Fsp3) is 0.0952. The third-order valence-electron chi connectivity index (χ3n) is 3.65. The van der Waals surface area contributed by atoms with Crippen LogP contribution in [0.4, 0.5) is 5.13 Å². The molecule has 3 aromatic rings. The predicted molar refractivity (Wildman–Crippen MR) is 112 cm³/mol. The van der Waals surface area contributed by atoms with Crippen LogP contribution in [0.5, 0.6) is 11.5 Å². The second-order valence-corrected chi connectivity index (χ2v) is 6.59. The minimum Gasteiger partial charge on any atom is -0.493 e. The van der Waals surface area contributed by atoms with Crippen LogP contribution in [0.2, 0.25) is 0 Å². The van der Waals surface area contributed by atoms with Gasteiger partial charge >= 0.3 is 0 Å². The first-order chi connectivity index (χ1) is 13.7. The van der Waals surface area contributed by atoms with Crippen molar-refractivity contribution in [3.63, 3.8) is 0 Å². The van der Waals surface area contributed by atoms with E-state index in [9.17, 15) is 4.79 Å². The van der Waals surface area contributed by atoms with Crippen LogP contribution in [0.15, 0.2) is 67.3 Å². The lowest BCUT2D eigenvalue weighted by atomic mass is 10.2. The summed E-state index contributed by atoms with van der Waals surface area (Å²) in [6.07, 6.45) is 4.78. The first kappa shape index (κ1) is 19.3. The maximum atomic E-state index is 12.2. The summed E-state index contributed by atoms with van der Waals surface area (Å²) < 4.78 is 10.8. The van der Waals surface area contributed by atoms with Crippen LogP contribution >= 0.6 is 11.3 Å². The highest BCUT2D eigenvalue weighted by Crippen LogP contribution is 2.29. The molecule has 0 unspecified atom stereocenters. The quantitative estimate of drug-likeness (QED) is 0.453. The van der Waals surface area contributed by atoms with Gasteiger partial charge in [-0.1, -0.05) is 60.4 Å². The Morgan fingerprint density at radius 2 is 2.00 bits per heavy atom. The summed E-state index contributed by atoms with van der Waals surface area (Å²) in [5.74, 6) is 0.911. The van der Waals surface area contributed by atoms with E-state index in [-0.39, 0.29) is 5.91 Å². The van der Waals surface area contributed by atoms with Crippen molar-refractivity contribution in [3.05, 3.63) is 72.8 Å². The molecule has 3 rings (SSSR count). The lowest BCUT2D eigenvalue weighted by molar-refractivity contribution is -0.111. The highest BCUT2D eigenvalue weighted by Gasteiger charge is 2.08. The zero-order valence-corrected chi connectivity index (χ0v) is 16.1. The Bertz CT molecular complexity index is 984. The Kier molecular flexibility index (Phi) is 6.54. The molecule has 0 saturated carbocycles. The van der Waals surface area contributed by atoms with E-state index in [4.69, 9.17) is 9.47 Å². The van der Waals surface area contributed by atoms with Crippen molar-refractivity contribution in [3.8, 4) is 22.1 Å². The van der Waals surface area contributed by atoms with Crippen LogP contribution in [0.3, 0.4) is 0 Å². The Labute approximate surface area is 167 Å². The van der Waals surface area contributed by atoms with Crippen LogP contribution in [0.1, 0.15) is 5.56 Å². The van der Waals surface area contributed by atoms with Gasteiger partial charge in [0.1, 0.15) is 11.6 Å². The fourth-order valence-corrected chi connectivity index (χ4v) is 3.10. The van der Waals surface area contributed by atoms with Crippen molar-refractivity contribution in [2.45, 2.75) is 0 Å². The number of hydrogen-bond acceptors (Lipinski definition) is 6. The number of nitrogens with zero attached hydrogens (tertiary/aromatic N) is 2. The van der Waals surface area contributed by atoms with Gasteiger partial charge in [-0.25, -0.2) is 0 Å². The lowest BCUT2D eigenvalue weighted by Crippen LogP contribution is -2.07. The van der Waals surface area contributed by atoms with Gasteiger partial charge in [0, 0.05) is 11.6 Å². The Morgan fingerprint density at radius 1 is 1.18 bits per heavy atom. The maximum absolute atomic E-state index is 12.2. The van der Waals surface area contributed by atoms with Crippen molar-refractivity contribution >= 4 is 28.5 Å². The molecule has 0 aliphatic carbocycles. The second-order valence-electron chi connectivity index (χ2n) is 5.61. The van der Waals surface area contributed by atoms with Crippen LogP contribution in [-0.2, 0) is 4.79 Å². The Hall–Kier alpha value is -3.45. The summed E-state index contributed by atoms with van der Waals surface area (Å²) in [5.41, 5.74) is 1.77. The van der Waals surface area contributed by atoms with E-state index in [0.717, 1.165) is 16.1 Å². The first-order valence-electron chi connectivity index (χ1n) is 8.49. The van der Waals surface area contributed by atoms with E-state index in [1.165, 1.54) is 17.4 Å². The predicted octanol–water partition coefficient (Wildman–Crippen LogP) is 4.43. The molecule has 7 heteroatoms. The fourth-order valence-electron chi connectivity index (χ4n) is 2.35. The molecule has 1 N–H and O–H groups in total. The molecule has 6 nitrogen and oxygen atoms in total. The zero-order valence-electron chi connectivity index (χ0n) is 15.3. The van der Waals surface area contributed by atoms with Gasteiger partial charge < -0.3 is 9.47 Å². The van der Waals surface area contributed by atoms with Gasteiger partial charge in [-0.3, -0.25) is 10.1 Å². The normalized spacial score (nSPS) is 10.6. The summed E-state index contributed by atoms with van der Waals surface area (Å²) in [5, 5.41) is 12.0. The van der Waals surface area contributed by atoms with Gasteiger partial charge in [0.15, 0.2) is 11.5 Å². The number of carbonyl (C=O) groups excluding carboxylic acids is 1. The number of carbonyl (C=O) groups is 1. The number of benzene rings is 2. The van der Waals surface area contributed by atoms with Crippen LogP contribution < -0.4 is 14.8 Å². The van der Waals surface area contributed by atoms with Crippen molar-refractivity contribution in [2.75, 3.05) is 19.0 Å². The molecule has 0 fully saturated rings. The van der Waals surface area contributed by atoms with E-state index in [1.54, 1.807) is 31.4 Å². The molecule has 1 aromatic heterocycles. The molecule has 1 heterocycles. The number of anilines is 1. The van der Waals surface area contributed by atoms with E-state index in [1.807, 2.05) is 36.4 Å². The van der Waals surface area contributed by atoms with Crippen molar-refractivity contribution in [1.29, 1.82) is 0 Å². The molecule has 142 valence electrons. The molecule has 0 radical (unpaired) electrons. The standard InChI is InChI=1S/C21H19N3O3S/c1-3-13-27-17-11-9-15(14-18(17)26-2)10-12-19(25)22-21-24-23-20(28-21)16-7-5-4-6-8-16/h3-12,14H,1,13H2,2H3,(H,22,24,25)/b12-10+. The molecule has 0 atom stereocenters. The summed E-state index contributed by atoms with van der Waals surface area (Å²) in [6.45, 7) is 4.01. The average Bonchev–Trinajstić information content (AvgIpc) is 3.20. The van der Waals surface area contributed by atoms with E-state index >= 15 is 0 Å². The smallest absolute Gasteiger partial charge is 0.250 e. The van der Waals surface area contributed by atoms with Crippen molar-refractivity contribution in [2.24, 2.45) is 0 Å². The lowest BCUT2D eigenvalue weighted by Gasteiger charge is -2.09. The van der Waals surface area contributed by atoms with Gasteiger partial charge in [-0.15, -0.1) is 10.2 Å². The number of methoxy groups -OCH3 is 1. The van der Waals surface area contributed by atoms with Crippen LogP contribution in [-0.4, -0.2) is 29.8 Å². The molecular weight excluding hydrogens is 374 g/mol.